The van der Waals surface area contributed by atoms with Gasteiger partial charge in [-0.2, -0.15) is 0 Å². The molecule has 1 aliphatic rings. The Balaban J connectivity index is 3.27. The molecular formula is C14H25ClO6. The van der Waals surface area contributed by atoms with Gasteiger partial charge in [-0.3, -0.25) is 0 Å². The minimum absolute atomic E-state index is 0.195. The van der Waals surface area contributed by atoms with Gasteiger partial charge >= 0.3 is 5.97 Å². The van der Waals surface area contributed by atoms with Gasteiger partial charge < -0.3 is 24.1 Å². The average molecular weight is 325 g/mol. The summed E-state index contributed by atoms with van der Waals surface area (Å²) >= 11 is 5.92. The van der Waals surface area contributed by atoms with Gasteiger partial charge in [-0.1, -0.05) is 20.8 Å². The Bertz CT molecular complexity index is 409. The number of carbonyl (C=O) groups excluding carboxylic acids is 1. The molecule has 2 unspecified atom stereocenters. The maximum Gasteiger partial charge on any atom is 0.341 e. The van der Waals surface area contributed by atoms with Crippen molar-refractivity contribution in [2.45, 2.75) is 57.9 Å². The van der Waals surface area contributed by atoms with Crippen molar-refractivity contribution in [2.75, 3.05) is 20.1 Å². The highest BCUT2D eigenvalue weighted by Crippen LogP contribution is 2.44. The van der Waals surface area contributed by atoms with Crippen LogP contribution < -0.4 is 0 Å². The molecule has 1 heterocycles. The van der Waals surface area contributed by atoms with E-state index in [1.165, 1.54) is 21.1 Å². The van der Waals surface area contributed by atoms with Crippen molar-refractivity contribution in [1.82, 2.24) is 0 Å². The van der Waals surface area contributed by atoms with Crippen molar-refractivity contribution >= 4 is 17.6 Å². The highest BCUT2D eigenvalue weighted by atomic mass is 35.5. The summed E-state index contributed by atoms with van der Waals surface area (Å²) < 4.78 is 21.7. The van der Waals surface area contributed by atoms with E-state index in [1.807, 2.05) is 0 Å². The van der Waals surface area contributed by atoms with Gasteiger partial charge in [-0.05, 0) is 12.3 Å². The first-order chi connectivity index (χ1) is 9.40. The second-order valence-corrected chi connectivity index (χ2v) is 6.79. The summed E-state index contributed by atoms with van der Waals surface area (Å²) in [6, 6.07) is 0. The third-order valence-electron chi connectivity index (χ3n) is 4.39. The van der Waals surface area contributed by atoms with Gasteiger partial charge in [0.15, 0.2) is 6.10 Å². The number of methoxy groups -OCH3 is 2. The monoisotopic (exact) mass is 324 g/mol. The van der Waals surface area contributed by atoms with Gasteiger partial charge in [0, 0.05) is 21.1 Å². The maximum atomic E-state index is 12.3. The van der Waals surface area contributed by atoms with Crippen molar-refractivity contribution in [2.24, 2.45) is 5.41 Å². The lowest BCUT2D eigenvalue weighted by Gasteiger charge is -2.52. The molecule has 0 bridgehead atoms. The molecule has 124 valence electrons. The van der Waals surface area contributed by atoms with Crippen LogP contribution in [0.25, 0.3) is 0 Å². The molecule has 0 saturated carbocycles. The number of ether oxygens (including phenoxy) is 4. The third kappa shape index (κ3) is 2.80. The largest absolute Gasteiger partial charge is 0.425 e. The summed E-state index contributed by atoms with van der Waals surface area (Å²) in [5.41, 5.74) is -2.34. The normalized spacial score (nSPS) is 37.0. The fourth-order valence-corrected chi connectivity index (χ4v) is 2.68. The van der Waals surface area contributed by atoms with E-state index in [1.54, 1.807) is 27.7 Å². The molecule has 0 spiro atoms. The van der Waals surface area contributed by atoms with E-state index in [4.69, 9.17) is 30.5 Å². The molecule has 1 rings (SSSR count). The van der Waals surface area contributed by atoms with Crippen LogP contribution in [0.15, 0.2) is 0 Å². The average Bonchev–Trinajstić information content (AvgIpc) is 2.40. The highest BCUT2D eigenvalue weighted by Gasteiger charge is 2.63. The molecule has 0 aromatic rings. The molecule has 4 atom stereocenters. The minimum Gasteiger partial charge on any atom is -0.425 e. The van der Waals surface area contributed by atoms with Gasteiger partial charge in [0.1, 0.15) is 5.60 Å². The fraction of sp³-hybridized carbons (Fsp3) is 0.929. The lowest BCUT2D eigenvalue weighted by atomic mass is 9.73. The first-order valence-corrected chi connectivity index (χ1v) is 7.23. The SMILES string of the molecule is CO[C@@]1(C)OC(=O)C(C(O)(CCl)C(C)(C)C)O[C@]1(C)OC. The van der Waals surface area contributed by atoms with Gasteiger partial charge in [-0.15, -0.1) is 11.6 Å². The number of hydrogen-bond acceptors (Lipinski definition) is 6. The standard InChI is InChI=1S/C14H25ClO6/c1-11(2,3)14(17,8-15)9-10(16)21-13(5,19-7)12(4,18-6)20-9/h9,17H,8H2,1-7H3/t9?,12-,13-,14?/m0/s1. The van der Waals surface area contributed by atoms with E-state index >= 15 is 0 Å². The molecule has 0 amide bonds. The maximum absolute atomic E-state index is 12.3. The number of hydrogen-bond donors (Lipinski definition) is 1. The molecule has 1 aliphatic heterocycles. The molecule has 0 aromatic heterocycles. The molecule has 7 heteroatoms. The zero-order chi connectivity index (χ0) is 16.7. The lowest BCUT2D eigenvalue weighted by molar-refractivity contribution is -0.418. The second kappa shape index (κ2) is 5.66. The van der Waals surface area contributed by atoms with Crippen LogP contribution in [0.3, 0.4) is 0 Å². The van der Waals surface area contributed by atoms with Gasteiger partial charge in [0.25, 0.3) is 5.79 Å². The summed E-state index contributed by atoms with van der Waals surface area (Å²) in [4.78, 5) is 12.3. The fourth-order valence-electron chi connectivity index (χ4n) is 2.14. The van der Waals surface area contributed by atoms with Crippen LogP contribution in [0.5, 0.6) is 0 Å². The van der Waals surface area contributed by atoms with E-state index in [-0.39, 0.29) is 5.88 Å². The molecule has 21 heavy (non-hydrogen) atoms. The molecule has 1 saturated heterocycles. The Hall–Kier alpha value is -0.400. The van der Waals surface area contributed by atoms with Crippen molar-refractivity contribution in [3.63, 3.8) is 0 Å². The Morgan fingerprint density at radius 1 is 1.24 bits per heavy atom. The van der Waals surface area contributed by atoms with Crippen LogP contribution in [0, 0.1) is 5.41 Å². The zero-order valence-corrected chi connectivity index (χ0v) is 14.4. The van der Waals surface area contributed by atoms with E-state index in [0.717, 1.165) is 0 Å². The molecule has 0 aliphatic carbocycles. The number of carbonyl (C=O) groups is 1. The van der Waals surface area contributed by atoms with Crippen LogP contribution in [-0.2, 0) is 23.7 Å². The van der Waals surface area contributed by atoms with Crippen LogP contribution in [0.4, 0.5) is 0 Å². The molecule has 6 nitrogen and oxygen atoms in total. The second-order valence-electron chi connectivity index (χ2n) is 6.53. The summed E-state index contributed by atoms with van der Waals surface area (Å²) in [5.74, 6) is -3.75. The third-order valence-corrected chi connectivity index (χ3v) is 4.80. The van der Waals surface area contributed by atoms with Gasteiger partial charge in [-0.25, -0.2) is 4.79 Å². The predicted molar refractivity (Wildman–Crippen MR) is 76.9 cm³/mol. The molecular weight excluding hydrogens is 300 g/mol. The van der Waals surface area contributed by atoms with E-state index in [9.17, 15) is 9.90 Å². The molecule has 1 N–H and O–H groups in total. The first-order valence-electron chi connectivity index (χ1n) is 6.70. The van der Waals surface area contributed by atoms with Crippen molar-refractivity contribution < 1.29 is 28.8 Å². The van der Waals surface area contributed by atoms with E-state index < -0.39 is 34.7 Å². The van der Waals surface area contributed by atoms with E-state index in [0.29, 0.717) is 0 Å². The molecule has 1 fully saturated rings. The van der Waals surface area contributed by atoms with Crippen LogP contribution in [-0.4, -0.2) is 54.5 Å². The van der Waals surface area contributed by atoms with Crippen LogP contribution in [0.1, 0.15) is 34.6 Å². The van der Waals surface area contributed by atoms with E-state index in [2.05, 4.69) is 0 Å². The summed E-state index contributed by atoms with van der Waals surface area (Å²) in [6.07, 6.45) is -1.29. The smallest absolute Gasteiger partial charge is 0.341 e. The number of aliphatic hydroxyl groups is 1. The quantitative estimate of drug-likeness (QED) is 0.626. The minimum atomic E-state index is -1.62. The van der Waals surface area contributed by atoms with Crippen LogP contribution in [0.2, 0.25) is 0 Å². The summed E-state index contributed by atoms with van der Waals surface area (Å²) in [7, 11) is 2.79. The van der Waals surface area contributed by atoms with Crippen molar-refractivity contribution in [1.29, 1.82) is 0 Å². The highest BCUT2D eigenvalue weighted by molar-refractivity contribution is 6.18. The lowest BCUT2D eigenvalue weighted by Crippen LogP contribution is -2.70. The number of esters is 1. The van der Waals surface area contributed by atoms with Gasteiger partial charge in [0.2, 0.25) is 5.79 Å². The Labute approximate surface area is 130 Å². The number of rotatable bonds is 4. The van der Waals surface area contributed by atoms with Crippen LogP contribution >= 0.6 is 11.6 Å². The number of alkyl halides is 1. The Morgan fingerprint density at radius 3 is 2.05 bits per heavy atom. The Kier molecular flexibility index (Phi) is 5.03. The molecule has 0 aromatic carbocycles. The predicted octanol–water partition coefficient (Wildman–Crippen LogP) is 1.67. The topological polar surface area (TPSA) is 74.2 Å². The summed E-state index contributed by atoms with van der Waals surface area (Å²) in [5, 5.41) is 10.9. The van der Waals surface area contributed by atoms with Crippen molar-refractivity contribution in [3.05, 3.63) is 0 Å². The van der Waals surface area contributed by atoms with Crippen molar-refractivity contribution in [3.8, 4) is 0 Å². The number of cyclic esters (lactones) is 1. The number of halogens is 1. The first kappa shape index (κ1) is 18.6. The molecule has 0 radical (unpaired) electrons. The van der Waals surface area contributed by atoms with Gasteiger partial charge in [0.05, 0.1) is 5.88 Å². The zero-order valence-electron chi connectivity index (χ0n) is 13.7. The summed E-state index contributed by atoms with van der Waals surface area (Å²) in [6.45, 7) is 8.40. The Morgan fingerprint density at radius 2 is 1.71 bits per heavy atom.